The van der Waals surface area contributed by atoms with E-state index in [-0.39, 0.29) is 11.7 Å². The maximum absolute atomic E-state index is 12.3. The highest BCUT2D eigenvalue weighted by molar-refractivity contribution is 7.99. The van der Waals surface area contributed by atoms with Crippen LogP contribution in [0, 0.1) is 0 Å². The SMILES string of the molecule is COc1ccc(-c2ccc3nnc(SCC(=O)Nc4ccc(Cl)c(Cl)c4)n3n2)cc1OC. The minimum Gasteiger partial charge on any atom is -0.493 e. The Morgan fingerprint density at radius 1 is 1.00 bits per heavy atom. The van der Waals surface area contributed by atoms with E-state index in [2.05, 4.69) is 20.6 Å². The van der Waals surface area contributed by atoms with Crippen molar-refractivity contribution in [3.63, 3.8) is 0 Å². The minimum atomic E-state index is -0.221. The van der Waals surface area contributed by atoms with E-state index in [1.807, 2.05) is 30.3 Å². The Morgan fingerprint density at radius 2 is 1.81 bits per heavy atom. The van der Waals surface area contributed by atoms with Gasteiger partial charge in [0, 0.05) is 11.3 Å². The van der Waals surface area contributed by atoms with Crippen LogP contribution in [0.2, 0.25) is 10.0 Å². The Morgan fingerprint density at radius 3 is 2.56 bits per heavy atom. The molecule has 164 valence electrons. The van der Waals surface area contributed by atoms with Gasteiger partial charge in [-0.05, 0) is 48.5 Å². The quantitative estimate of drug-likeness (QED) is 0.371. The zero-order valence-corrected chi connectivity index (χ0v) is 19.3. The molecule has 11 heteroatoms. The topological polar surface area (TPSA) is 90.6 Å². The highest BCUT2D eigenvalue weighted by Gasteiger charge is 2.13. The third-order valence-electron chi connectivity index (χ3n) is 4.45. The third-order valence-corrected chi connectivity index (χ3v) is 6.11. The molecule has 0 saturated heterocycles. The van der Waals surface area contributed by atoms with Crippen molar-refractivity contribution in [2.45, 2.75) is 5.16 Å². The molecule has 1 N–H and O–H groups in total. The Bertz CT molecular complexity index is 1300. The smallest absolute Gasteiger partial charge is 0.234 e. The lowest BCUT2D eigenvalue weighted by atomic mass is 10.1. The van der Waals surface area contributed by atoms with Crippen LogP contribution in [0.4, 0.5) is 5.69 Å². The second-order valence-electron chi connectivity index (χ2n) is 6.51. The third kappa shape index (κ3) is 4.74. The number of aromatic nitrogens is 4. The van der Waals surface area contributed by atoms with Crippen LogP contribution in [-0.2, 0) is 4.79 Å². The summed E-state index contributed by atoms with van der Waals surface area (Å²) in [4.78, 5) is 12.3. The van der Waals surface area contributed by atoms with Gasteiger partial charge in [-0.25, -0.2) is 0 Å². The van der Waals surface area contributed by atoms with Gasteiger partial charge in [-0.3, -0.25) is 4.79 Å². The van der Waals surface area contributed by atoms with Gasteiger partial charge in [0.25, 0.3) is 0 Å². The zero-order valence-electron chi connectivity index (χ0n) is 17.0. The summed E-state index contributed by atoms with van der Waals surface area (Å²) in [5.74, 6) is 1.12. The molecular formula is C21H17Cl2N5O3S. The van der Waals surface area contributed by atoms with Crippen LogP contribution in [0.3, 0.4) is 0 Å². The molecule has 0 bridgehead atoms. The first-order chi connectivity index (χ1) is 15.5. The molecule has 2 aromatic heterocycles. The number of anilines is 1. The second-order valence-corrected chi connectivity index (χ2v) is 8.26. The van der Waals surface area contributed by atoms with Crippen molar-refractivity contribution in [1.82, 2.24) is 19.8 Å². The van der Waals surface area contributed by atoms with Crippen molar-refractivity contribution in [2.24, 2.45) is 0 Å². The summed E-state index contributed by atoms with van der Waals surface area (Å²) in [5, 5.41) is 17.0. The number of fused-ring (bicyclic) bond motifs is 1. The van der Waals surface area contributed by atoms with Crippen LogP contribution in [-0.4, -0.2) is 45.7 Å². The van der Waals surface area contributed by atoms with Gasteiger partial charge >= 0.3 is 0 Å². The lowest BCUT2D eigenvalue weighted by Gasteiger charge is -2.09. The number of ether oxygens (including phenoxy) is 2. The van der Waals surface area contributed by atoms with Gasteiger partial charge in [0.05, 0.1) is 35.7 Å². The van der Waals surface area contributed by atoms with E-state index >= 15 is 0 Å². The van der Waals surface area contributed by atoms with Crippen LogP contribution < -0.4 is 14.8 Å². The van der Waals surface area contributed by atoms with Gasteiger partial charge in [0.15, 0.2) is 17.1 Å². The molecule has 0 aliphatic heterocycles. The highest BCUT2D eigenvalue weighted by Crippen LogP contribution is 2.32. The largest absolute Gasteiger partial charge is 0.493 e. The molecule has 0 aliphatic rings. The average molecular weight is 490 g/mol. The normalized spacial score (nSPS) is 10.9. The predicted octanol–water partition coefficient (Wildman–Crippen LogP) is 4.85. The number of methoxy groups -OCH3 is 2. The molecule has 0 aliphatic carbocycles. The molecule has 2 heterocycles. The van der Waals surface area contributed by atoms with Gasteiger partial charge in [0.2, 0.25) is 11.1 Å². The highest BCUT2D eigenvalue weighted by atomic mass is 35.5. The number of amides is 1. The standard InChI is InChI=1S/C21H17Cl2N5O3S/c1-30-17-7-3-12(9-18(17)31-2)16-6-8-19-25-26-21(28(19)27-16)32-11-20(29)24-13-4-5-14(22)15(23)10-13/h3-10H,11H2,1-2H3,(H,24,29). The first kappa shape index (κ1) is 22.2. The van der Waals surface area contributed by atoms with Gasteiger partial charge in [-0.15, -0.1) is 10.2 Å². The fraction of sp³-hybridized carbons (Fsp3) is 0.143. The summed E-state index contributed by atoms with van der Waals surface area (Å²) in [6, 6.07) is 14.1. The van der Waals surface area contributed by atoms with E-state index in [1.165, 1.54) is 11.8 Å². The summed E-state index contributed by atoms with van der Waals surface area (Å²) in [6.07, 6.45) is 0. The van der Waals surface area contributed by atoms with Crippen molar-refractivity contribution in [3.8, 4) is 22.8 Å². The van der Waals surface area contributed by atoms with Gasteiger partial charge in [-0.1, -0.05) is 35.0 Å². The lowest BCUT2D eigenvalue weighted by Crippen LogP contribution is -2.14. The van der Waals surface area contributed by atoms with Crippen molar-refractivity contribution in [1.29, 1.82) is 0 Å². The maximum atomic E-state index is 12.3. The van der Waals surface area contributed by atoms with E-state index in [0.29, 0.717) is 43.7 Å². The van der Waals surface area contributed by atoms with Gasteiger partial charge < -0.3 is 14.8 Å². The summed E-state index contributed by atoms with van der Waals surface area (Å²) in [7, 11) is 3.16. The fourth-order valence-electron chi connectivity index (χ4n) is 2.91. The van der Waals surface area contributed by atoms with Crippen LogP contribution >= 0.6 is 35.0 Å². The molecule has 4 aromatic rings. The second kappa shape index (κ2) is 9.64. The van der Waals surface area contributed by atoms with Crippen molar-refractivity contribution in [2.75, 3.05) is 25.3 Å². The number of thioether (sulfide) groups is 1. The molecule has 8 nitrogen and oxygen atoms in total. The number of hydrogen-bond acceptors (Lipinski definition) is 7. The molecule has 0 atom stereocenters. The summed E-state index contributed by atoms with van der Waals surface area (Å²) >= 11 is 13.1. The van der Waals surface area contributed by atoms with Crippen LogP contribution in [0.25, 0.3) is 16.9 Å². The Labute approximate surface area is 197 Å². The van der Waals surface area contributed by atoms with E-state index in [4.69, 9.17) is 32.7 Å². The number of carbonyl (C=O) groups is 1. The minimum absolute atomic E-state index is 0.114. The number of benzene rings is 2. The molecule has 4 rings (SSSR count). The Kier molecular flexibility index (Phi) is 6.69. The molecule has 0 spiro atoms. The molecule has 2 aromatic carbocycles. The number of rotatable bonds is 7. The fourth-order valence-corrected chi connectivity index (χ4v) is 3.90. The summed E-state index contributed by atoms with van der Waals surface area (Å²) in [6.45, 7) is 0. The van der Waals surface area contributed by atoms with E-state index in [0.717, 1.165) is 5.56 Å². The van der Waals surface area contributed by atoms with Crippen molar-refractivity contribution in [3.05, 3.63) is 58.6 Å². The average Bonchev–Trinajstić information content (AvgIpc) is 3.22. The lowest BCUT2D eigenvalue weighted by molar-refractivity contribution is -0.113. The van der Waals surface area contributed by atoms with E-state index in [9.17, 15) is 4.79 Å². The van der Waals surface area contributed by atoms with E-state index in [1.54, 1.807) is 36.9 Å². The zero-order chi connectivity index (χ0) is 22.7. The van der Waals surface area contributed by atoms with Crippen LogP contribution in [0.1, 0.15) is 0 Å². The molecule has 0 saturated carbocycles. The number of carbonyl (C=O) groups excluding carboxylic acids is 1. The summed E-state index contributed by atoms with van der Waals surface area (Å²) in [5.41, 5.74) is 2.67. The van der Waals surface area contributed by atoms with Crippen LogP contribution in [0.5, 0.6) is 11.5 Å². The molecule has 0 radical (unpaired) electrons. The van der Waals surface area contributed by atoms with Gasteiger partial charge in [0.1, 0.15) is 0 Å². The maximum Gasteiger partial charge on any atom is 0.234 e. The van der Waals surface area contributed by atoms with Gasteiger partial charge in [-0.2, -0.15) is 9.61 Å². The monoisotopic (exact) mass is 489 g/mol. The molecule has 1 amide bonds. The molecule has 32 heavy (non-hydrogen) atoms. The molecule has 0 fully saturated rings. The number of nitrogens with zero attached hydrogens (tertiary/aromatic N) is 4. The Hall–Kier alpha value is -3.01. The molecular weight excluding hydrogens is 473 g/mol. The number of halogens is 2. The molecule has 0 unspecified atom stereocenters. The number of hydrogen-bond donors (Lipinski definition) is 1. The first-order valence-corrected chi connectivity index (χ1v) is 11.0. The van der Waals surface area contributed by atoms with Crippen LogP contribution in [0.15, 0.2) is 53.7 Å². The Balaban J connectivity index is 1.51. The first-order valence-electron chi connectivity index (χ1n) is 9.31. The van der Waals surface area contributed by atoms with Crippen molar-refractivity contribution >= 4 is 52.2 Å². The van der Waals surface area contributed by atoms with Crippen molar-refractivity contribution < 1.29 is 14.3 Å². The van der Waals surface area contributed by atoms with E-state index < -0.39 is 0 Å². The summed E-state index contributed by atoms with van der Waals surface area (Å²) < 4.78 is 12.3. The predicted molar refractivity (Wildman–Crippen MR) is 125 cm³/mol. The number of nitrogens with one attached hydrogen (secondary N) is 1.